The van der Waals surface area contributed by atoms with E-state index in [9.17, 15) is 0 Å². The van der Waals surface area contributed by atoms with Crippen LogP contribution in [-0.4, -0.2) is 36.1 Å². The fraction of sp³-hybridized carbons (Fsp3) is 0.867. The first-order valence-electron chi connectivity index (χ1n) is 7.11. The minimum atomic E-state index is 0.326. The van der Waals surface area contributed by atoms with Gasteiger partial charge in [0.2, 0.25) is 0 Å². The molecule has 2 atom stereocenters. The van der Waals surface area contributed by atoms with Crippen LogP contribution in [-0.2, 0) is 0 Å². The Morgan fingerprint density at radius 2 is 2.18 bits per heavy atom. The highest BCUT2D eigenvalue weighted by Crippen LogP contribution is 2.24. The zero-order valence-electron chi connectivity index (χ0n) is 12.3. The van der Waals surface area contributed by atoms with Crippen LogP contribution in [0.5, 0.6) is 0 Å². The smallest absolute Gasteiger partial charge is 0.0307 e. The van der Waals surface area contributed by atoms with Gasteiger partial charge in [-0.05, 0) is 32.6 Å². The molecular formula is C15H30N2. The molecule has 0 aromatic carbocycles. The summed E-state index contributed by atoms with van der Waals surface area (Å²) >= 11 is 0. The standard InChI is InChI=1S/C15H30N2/c1-6-8-9-17-11-14(10-13(3)4)16-12-15(17,5)7-2/h6,8,13-14,16H,7,9-12H2,1-5H3/b8-6+. The van der Waals surface area contributed by atoms with Gasteiger partial charge in [0.1, 0.15) is 0 Å². The predicted molar refractivity (Wildman–Crippen MR) is 76.3 cm³/mol. The van der Waals surface area contributed by atoms with E-state index in [1.165, 1.54) is 19.4 Å². The van der Waals surface area contributed by atoms with E-state index >= 15 is 0 Å². The molecule has 17 heavy (non-hydrogen) atoms. The van der Waals surface area contributed by atoms with Gasteiger partial charge in [-0.15, -0.1) is 0 Å². The van der Waals surface area contributed by atoms with Gasteiger partial charge >= 0.3 is 0 Å². The summed E-state index contributed by atoms with van der Waals surface area (Å²) in [5.41, 5.74) is 0.326. The molecule has 0 aromatic rings. The molecule has 0 amide bonds. The maximum Gasteiger partial charge on any atom is 0.0307 e. The second-order valence-electron chi connectivity index (χ2n) is 6.03. The molecule has 1 saturated heterocycles. The van der Waals surface area contributed by atoms with E-state index in [4.69, 9.17) is 0 Å². The van der Waals surface area contributed by atoms with Crippen LogP contribution >= 0.6 is 0 Å². The van der Waals surface area contributed by atoms with Crippen LogP contribution in [0.1, 0.15) is 47.5 Å². The Bertz CT molecular complexity index is 247. The van der Waals surface area contributed by atoms with Crippen molar-refractivity contribution in [1.29, 1.82) is 0 Å². The fourth-order valence-corrected chi connectivity index (χ4v) is 2.63. The maximum atomic E-state index is 3.73. The molecule has 0 bridgehead atoms. The van der Waals surface area contributed by atoms with E-state index in [1.807, 2.05) is 0 Å². The van der Waals surface area contributed by atoms with E-state index < -0.39 is 0 Å². The van der Waals surface area contributed by atoms with Crippen molar-refractivity contribution in [2.24, 2.45) is 5.92 Å². The minimum Gasteiger partial charge on any atom is -0.311 e. The third-order valence-electron chi connectivity index (χ3n) is 4.05. The minimum absolute atomic E-state index is 0.326. The molecule has 2 nitrogen and oxygen atoms in total. The largest absolute Gasteiger partial charge is 0.311 e. The van der Waals surface area contributed by atoms with Crippen LogP contribution in [0.2, 0.25) is 0 Å². The lowest BCUT2D eigenvalue weighted by Crippen LogP contribution is -2.63. The predicted octanol–water partition coefficient (Wildman–Crippen LogP) is 3.05. The molecule has 1 heterocycles. The van der Waals surface area contributed by atoms with Gasteiger partial charge in [0.05, 0.1) is 0 Å². The van der Waals surface area contributed by atoms with Gasteiger partial charge in [-0.1, -0.05) is 32.9 Å². The maximum absolute atomic E-state index is 3.73. The summed E-state index contributed by atoms with van der Waals surface area (Å²) in [5.74, 6) is 0.780. The Morgan fingerprint density at radius 3 is 2.71 bits per heavy atom. The number of rotatable bonds is 5. The lowest BCUT2D eigenvalue weighted by Gasteiger charge is -2.48. The van der Waals surface area contributed by atoms with Gasteiger partial charge < -0.3 is 5.32 Å². The summed E-state index contributed by atoms with van der Waals surface area (Å²) in [6.45, 7) is 14.8. The highest BCUT2D eigenvalue weighted by atomic mass is 15.3. The molecule has 1 aliphatic rings. The number of piperazine rings is 1. The number of nitrogens with one attached hydrogen (secondary N) is 1. The van der Waals surface area contributed by atoms with E-state index in [0.717, 1.165) is 19.0 Å². The lowest BCUT2D eigenvalue weighted by atomic mass is 9.90. The Morgan fingerprint density at radius 1 is 1.47 bits per heavy atom. The Balaban J connectivity index is 2.63. The van der Waals surface area contributed by atoms with Crippen molar-refractivity contribution in [2.45, 2.75) is 59.0 Å². The zero-order valence-corrected chi connectivity index (χ0v) is 12.3. The van der Waals surface area contributed by atoms with Crippen molar-refractivity contribution in [1.82, 2.24) is 10.2 Å². The van der Waals surface area contributed by atoms with Crippen LogP contribution < -0.4 is 5.32 Å². The van der Waals surface area contributed by atoms with E-state index in [2.05, 4.69) is 57.0 Å². The molecule has 0 saturated carbocycles. The Hall–Kier alpha value is -0.340. The molecule has 2 heteroatoms. The van der Waals surface area contributed by atoms with Gasteiger partial charge in [-0.25, -0.2) is 0 Å². The average Bonchev–Trinajstić information content (AvgIpc) is 2.29. The molecule has 1 fully saturated rings. The lowest BCUT2D eigenvalue weighted by molar-refractivity contribution is 0.0555. The monoisotopic (exact) mass is 238 g/mol. The van der Waals surface area contributed by atoms with Crippen LogP contribution in [0.3, 0.4) is 0 Å². The molecule has 1 N–H and O–H groups in total. The third-order valence-corrected chi connectivity index (χ3v) is 4.05. The molecule has 0 aromatic heterocycles. The fourth-order valence-electron chi connectivity index (χ4n) is 2.63. The first-order chi connectivity index (χ1) is 8.01. The summed E-state index contributed by atoms with van der Waals surface area (Å²) in [4.78, 5) is 2.65. The van der Waals surface area contributed by atoms with Crippen molar-refractivity contribution in [2.75, 3.05) is 19.6 Å². The number of hydrogen-bond acceptors (Lipinski definition) is 2. The molecule has 2 unspecified atom stereocenters. The van der Waals surface area contributed by atoms with Gasteiger partial charge in [-0.2, -0.15) is 0 Å². The summed E-state index contributed by atoms with van der Waals surface area (Å²) in [6, 6.07) is 0.667. The molecule has 0 aliphatic carbocycles. The van der Waals surface area contributed by atoms with E-state index in [-0.39, 0.29) is 0 Å². The van der Waals surface area contributed by atoms with Crippen LogP contribution in [0.25, 0.3) is 0 Å². The normalized spacial score (nSPS) is 31.5. The second-order valence-corrected chi connectivity index (χ2v) is 6.03. The van der Waals surface area contributed by atoms with Gasteiger partial charge in [0.15, 0.2) is 0 Å². The van der Waals surface area contributed by atoms with Gasteiger partial charge in [0, 0.05) is 31.2 Å². The first-order valence-corrected chi connectivity index (χ1v) is 7.11. The van der Waals surface area contributed by atoms with Crippen molar-refractivity contribution < 1.29 is 0 Å². The van der Waals surface area contributed by atoms with Crippen LogP contribution in [0, 0.1) is 5.92 Å². The van der Waals surface area contributed by atoms with Gasteiger partial charge in [-0.3, -0.25) is 4.90 Å². The SMILES string of the molecule is C/C=C/CN1CC(CC(C)C)NCC1(C)CC. The molecule has 1 rings (SSSR count). The van der Waals surface area contributed by atoms with E-state index in [1.54, 1.807) is 0 Å². The number of nitrogens with zero attached hydrogens (tertiary/aromatic N) is 1. The Kier molecular flexibility index (Phi) is 5.68. The summed E-state index contributed by atoms with van der Waals surface area (Å²) in [6.07, 6.45) is 6.94. The summed E-state index contributed by atoms with van der Waals surface area (Å²) in [5, 5.41) is 3.73. The second kappa shape index (κ2) is 6.55. The van der Waals surface area contributed by atoms with Crippen molar-refractivity contribution in [3.8, 4) is 0 Å². The van der Waals surface area contributed by atoms with Crippen LogP contribution in [0.15, 0.2) is 12.2 Å². The first kappa shape index (κ1) is 14.7. The molecule has 100 valence electrons. The summed E-state index contributed by atoms with van der Waals surface area (Å²) < 4.78 is 0. The molecule has 0 spiro atoms. The Labute approximate surface area is 107 Å². The van der Waals surface area contributed by atoms with Crippen molar-refractivity contribution in [3.63, 3.8) is 0 Å². The van der Waals surface area contributed by atoms with Gasteiger partial charge in [0.25, 0.3) is 0 Å². The topological polar surface area (TPSA) is 15.3 Å². The summed E-state index contributed by atoms with van der Waals surface area (Å²) in [7, 11) is 0. The van der Waals surface area contributed by atoms with Crippen molar-refractivity contribution >= 4 is 0 Å². The highest BCUT2D eigenvalue weighted by Gasteiger charge is 2.35. The molecule has 1 aliphatic heterocycles. The molecule has 0 radical (unpaired) electrons. The number of hydrogen-bond donors (Lipinski definition) is 1. The third kappa shape index (κ3) is 4.11. The van der Waals surface area contributed by atoms with Crippen molar-refractivity contribution in [3.05, 3.63) is 12.2 Å². The van der Waals surface area contributed by atoms with Crippen LogP contribution in [0.4, 0.5) is 0 Å². The average molecular weight is 238 g/mol. The quantitative estimate of drug-likeness (QED) is 0.741. The number of allylic oxidation sites excluding steroid dienone is 1. The highest BCUT2D eigenvalue weighted by molar-refractivity contribution is 4.98. The zero-order chi connectivity index (χ0) is 12.9. The van der Waals surface area contributed by atoms with E-state index in [0.29, 0.717) is 11.6 Å². The molecular weight excluding hydrogens is 208 g/mol.